The van der Waals surface area contributed by atoms with Crippen LogP contribution in [0.4, 0.5) is 0 Å². The SMILES string of the molecule is CC(C)c1ccc(-c2nc3c(s2)CCCC3O)cc1. The van der Waals surface area contributed by atoms with Crippen molar-refractivity contribution in [3.63, 3.8) is 0 Å². The number of aryl methyl sites for hydroxylation is 1. The normalized spacial score (nSPS) is 18.6. The van der Waals surface area contributed by atoms with Crippen molar-refractivity contribution in [2.45, 2.75) is 45.1 Å². The minimum absolute atomic E-state index is 0.358. The highest BCUT2D eigenvalue weighted by Gasteiger charge is 2.23. The van der Waals surface area contributed by atoms with Gasteiger partial charge in [0.05, 0.1) is 11.8 Å². The lowest BCUT2D eigenvalue weighted by molar-refractivity contribution is 0.153. The monoisotopic (exact) mass is 273 g/mol. The molecule has 1 atom stereocenters. The minimum atomic E-state index is -0.358. The van der Waals surface area contributed by atoms with Crippen LogP contribution in [0.1, 0.15) is 54.8 Å². The zero-order valence-electron chi connectivity index (χ0n) is 11.4. The standard InChI is InChI=1S/C16H19NOS/c1-10(2)11-6-8-12(9-7-11)16-17-15-13(18)4-3-5-14(15)19-16/h6-10,13,18H,3-5H2,1-2H3. The van der Waals surface area contributed by atoms with Gasteiger partial charge in [-0.1, -0.05) is 38.1 Å². The average Bonchev–Trinajstić information content (AvgIpc) is 2.84. The number of aliphatic hydroxyl groups is 1. The van der Waals surface area contributed by atoms with Crippen LogP contribution in [0.3, 0.4) is 0 Å². The first-order chi connectivity index (χ1) is 9.15. The predicted octanol–water partition coefficient (Wildman–Crippen LogP) is 4.30. The van der Waals surface area contributed by atoms with Gasteiger partial charge in [0.2, 0.25) is 0 Å². The van der Waals surface area contributed by atoms with Gasteiger partial charge >= 0.3 is 0 Å². The van der Waals surface area contributed by atoms with Crippen molar-refractivity contribution in [3.8, 4) is 10.6 Å². The summed E-state index contributed by atoms with van der Waals surface area (Å²) in [4.78, 5) is 5.91. The summed E-state index contributed by atoms with van der Waals surface area (Å²) in [5, 5.41) is 11.0. The van der Waals surface area contributed by atoms with Gasteiger partial charge in [-0.3, -0.25) is 0 Å². The summed E-state index contributed by atoms with van der Waals surface area (Å²) in [6, 6.07) is 8.64. The molecular formula is C16H19NOS. The first-order valence-electron chi connectivity index (χ1n) is 6.93. The Morgan fingerprint density at radius 3 is 2.63 bits per heavy atom. The Morgan fingerprint density at radius 1 is 1.26 bits per heavy atom. The highest BCUT2D eigenvalue weighted by Crippen LogP contribution is 2.37. The second kappa shape index (κ2) is 5.06. The fourth-order valence-electron chi connectivity index (χ4n) is 2.53. The molecule has 3 rings (SSSR count). The minimum Gasteiger partial charge on any atom is -0.387 e. The van der Waals surface area contributed by atoms with Gasteiger partial charge in [0.15, 0.2) is 0 Å². The third-order valence-corrected chi connectivity index (χ3v) is 4.93. The third kappa shape index (κ3) is 2.45. The van der Waals surface area contributed by atoms with Crippen molar-refractivity contribution in [3.05, 3.63) is 40.4 Å². The summed E-state index contributed by atoms with van der Waals surface area (Å²) in [5.41, 5.74) is 3.43. The van der Waals surface area contributed by atoms with Crippen molar-refractivity contribution in [1.29, 1.82) is 0 Å². The smallest absolute Gasteiger partial charge is 0.123 e. The lowest BCUT2D eigenvalue weighted by Gasteiger charge is -2.14. The number of benzene rings is 1. The lowest BCUT2D eigenvalue weighted by atomic mass is 10.0. The van der Waals surface area contributed by atoms with E-state index in [9.17, 15) is 5.11 Å². The third-order valence-electron chi connectivity index (χ3n) is 3.75. The van der Waals surface area contributed by atoms with Gasteiger partial charge in [0, 0.05) is 10.4 Å². The van der Waals surface area contributed by atoms with Crippen LogP contribution >= 0.6 is 11.3 Å². The Kier molecular flexibility index (Phi) is 3.42. The van der Waals surface area contributed by atoms with E-state index in [-0.39, 0.29) is 6.10 Å². The van der Waals surface area contributed by atoms with E-state index in [1.165, 1.54) is 10.4 Å². The molecular weight excluding hydrogens is 254 g/mol. The summed E-state index contributed by atoms with van der Waals surface area (Å²) in [6.07, 6.45) is 2.63. The summed E-state index contributed by atoms with van der Waals surface area (Å²) in [5.74, 6) is 0.556. The van der Waals surface area contributed by atoms with Gasteiger partial charge in [0.25, 0.3) is 0 Å². The van der Waals surface area contributed by atoms with E-state index in [0.717, 1.165) is 35.5 Å². The highest BCUT2D eigenvalue weighted by molar-refractivity contribution is 7.15. The molecule has 0 bridgehead atoms. The van der Waals surface area contributed by atoms with Crippen LogP contribution in [0, 0.1) is 0 Å². The zero-order valence-corrected chi connectivity index (χ0v) is 12.2. The zero-order chi connectivity index (χ0) is 13.4. The molecule has 1 unspecified atom stereocenters. The van der Waals surface area contributed by atoms with Crippen LogP contribution in [0.25, 0.3) is 10.6 Å². The van der Waals surface area contributed by atoms with Gasteiger partial charge in [-0.25, -0.2) is 4.98 Å². The molecule has 1 aliphatic carbocycles. The van der Waals surface area contributed by atoms with Gasteiger partial charge in [0.1, 0.15) is 5.01 Å². The number of rotatable bonds is 2. The Morgan fingerprint density at radius 2 is 2.00 bits per heavy atom. The van der Waals surface area contributed by atoms with Crippen molar-refractivity contribution in [2.24, 2.45) is 0 Å². The molecule has 0 fully saturated rings. The molecule has 0 aliphatic heterocycles. The number of aliphatic hydroxyl groups excluding tert-OH is 1. The maximum absolute atomic E-state index is 9.98. The molecule has 0 amide bonds. The lowest BCUT2D eigenvalue weighted by Crippen LogP contribution is -2.07. The molecule has 1 aromatic carbocycles. The number of nitrogens with zero attached hydrogens (tertiary/aromatic N) is 1. The van der Waals surface area contributed by atoms with Gasteiger partial charge < -0.3 is 5.11 Å². The van der Waals surface area contributed by atoms with E-state index < -0.39 is 0 Å². The first-order valence-corrected chi connectivity index (χ1v) is 7.75. The average molecular weight is 273 g/mol. The molecule has 19 heavy (non-hydrogen) atoms. The molecule has 100 valence electrons. The molecule has 1 heterocycles. The van der Waals surface area contributed by atoms with Gasteiger partial charge in [-0.2, -0.15) is 0 Å². The molecule has 0 radical (unpaired) electrons. The molecule has 1 aromatic heterocycles. The quantitative estimate of drug-likeness (QED) is 0.884. The number of aromatic nitrogens is 1. The summed E-state index contributed by atoms with van der Waals surface area (Å²) < 4.78 is 0. The van der Waals surface area contributed by atoms with Crippen LogP contribution in [-0.2, 0) is 6.42 Å². The van der Waals surface area contributed by atoms with E-state index in [4.69, 9.17) is 0 Å². The van der Waals surface area contributed by atoms with Crippen molar-refractivity contribution >= 4 is 11.3 Å². The van der Waals surface area contributed by atoms with Crippen LogP contribution < -0.4 is 0 Å². The molecule has 1 N–H and O–H groups in total. The fourth-order valence-corrected chi connectivity index (χ4v) is 3.69. The number of fused-ring (bicyclic) bond motifs is 1. The largest absolute Gasteiger partial charge is 0.387 e. The number of hydrogen-bond donors (Lipinski definition) is 1. The maximum Gasteiger partial charge on any atom is 0.123 e. The highest BCUT2D eigenvalue weighted by atomic mass is 32.1. The van der Waals surface area contributed by atoms with Gasteiger partial charge in [-0.05, 0) is 30.7 Å². The van der Waals surface area contributed by atoms with E-state index in [1.54, 1.807) is 11.3 Å². The molecule has 0 spiro atoms. The Balaban J connectivity index is 1.94. The number of hydrogen-bond acceptors (Lipinski definition) is 3. The van der Waals surface area contributed by atoms with Crippen LogP contribution in [0.2, 0.25) is 0 Å². The summed E-state index contributed by atoms with van der Waals surface area (Å²) >= 11 is 1.74. The van der Waals surface area contributed by atoms with E-state index in [0.29, 0.717) is 5.92 Å². The maximum atomic E-state index is 9.98. The molecule has 2 nitrogen and oxygen atoms in total. The summed E-state index contributed by atoms with van der Waals surface area (Å²) in [7, 11) is 0. The van der Waals surface area contributed by atoms with E-state index >= 15 is 0 Å². The molecule has 0 saturated heterocycles. The Labute approximate surface area is 118 Å². The van der Waals surface area contributed by atoms with E-state index in [1.807, 2.05) is 0 Å². The second-order valence-electron chi connectivity index (χ2n) is 5.51. The van der Waals surface area contributed by atoms with E-state index in [2.05, 4.69) is 43.1 Å². The molecule has 3 heteroatoms. The molecule has 0 saturated carbocycles. The summed E-state index contributed by atoms with van der Waals surface area (Å²) in [6.45, 7) is 4.40. The Bertz CT molecular complexity index is 571. The van der Waals surface area contributed by atoms with Crippen molar-refractivity contribution < 1.29 is 5.11 Å². The van der Waals surface area contributed by atoms with Gasteiger partial charge in [-0.15, -0.1) is 11.3 Å². The Hall–Kier alpha value is -1.19. The predicted molar refractivity (Wildman–Crippen MR) is 79.5 cm³/mol. The number of thiazole rings is 1. The topological polar surface area (TPSA) is 33.1 Å². The van der Waals surface area contributed by atoms with Crippen LogP contribution in [-0.4, -0.2) is 10.1 Å². The van der Waals surface area contributed by atoms with Crippen molar-refractivity contribution in [2.75, 3.05) is 0 Å². The second-order valence-corrected chi connectivity index (χ2v) is 6.60. The molecule has 1 aliphatic rings. The fraction of sp³-hybridized carbons (Fsp3) is 0.438. The van der Waals surface area contributed by atoms with Crippen LogP contribution in [0.5, 0.6) is 0 Å². The van der Waals surface area contributed by atoms with Crippen molar-refractivity contribution in [1.82, 2.24) is 4.98 Å². The van der Waals surface area contributed by atoms with Crippen LogP contribution in [0.15, 0.2) is 24.3 Å². The molecule has 2 aromatic rings. The first kappa shape index (κ1) is 12.8.